The van der Waals surface area contributed by atoms with Crippen LogP contribution in [0.15, 0.2) is 41.8 Å². The number of carbonyl (C=O) groups excluding carboxylic acids is 1. The van der Waals surface area contributed by atoms with Gasteiger partial charge >= 0.3 is 0 Å². The van der Waals surface area contributed by atoms with E-state index in [2.05, 4.69) is 19.2 Å². The fourth-order valence-corrected chi connectivity index (χ4v) is 2.90. The van der Waals surface area contributed by atoms with Crippen molar-refractivity contribution >= 4 is 22.9 Å². The number of hydrogen-bond acceptors (Lipinski definition) is 4. The molecular formula is C17H19NO3S. The minimum absolute atomic E-state index is 0.0195. The first-order chi connectivity index (χ1) is 10.6. The highest BCUT2D eigenvalue weighted by Crippen LogP contribution is 2.34. The van der Waals surface area contributed by atoms with Gasteiger partial charge in [0.15, 0.2) is 6.29 Å². The number of amides is 1. The third-order valence-electron chi connectivity index (χ3n) is 3.46. The van der Waals surface area contributed by atoms with E-state index in [1.54, 1.807) is 6.07 Å². The molecular weight excluding hydrogens is 298 g/mol. The summed E-state index contributed by atoms with van der Waals surface area (Å²) in [5, 5.41) is 4.83. The minimum atomic E-state index is -0.437. The second kappa shape index (κ2) is 6.20. The van der Waals surface area contributed by atoms with E-state index in [0.29, 0.717) is 18.1 Å². The molecule has 0 radical (unpaired) electrons. The Bertz CT molecular complexity index is 642. The highest BCUT2D eigenvalue weighted by Gasteiger charge is 2.30. The minimum Gasteiger partial charge on any atom is -0.348 e. The van der Waals surface area contributed by atoms with Crippen LogP contribution < -0.4 is 5.32 Å². The lowest BCUT2D eigenvalue weighted by Crippen LogP contribution is -2.34. The quantitative estimate of drug-likeness (QED) is 0.928. The molecule has 0 bridgehead atoms. The number of anilines is 1. The van der Waals surface area contributed by atoms with Crippen molar-refractivity contribution in [3.63, 3.8) is 0 Å². The normalized spacial score (nSPS) is 18.1. The average Bonchev–Trinajstić information content (AvgIpc) is 3.02. The Kier molecular flexibility index (Phi) is 4.29. The van der Waals surface area contributed by atoms with Crippen LogP contribution in [0.5, 0.6) is 0 Å². The van der Waals surface area contributed by atoms with Crippen LogP contribution in [0.25, 0.3) is 0 Å². The summed E-state index contributed by atoms with van der Waals surface area (Å²) in [7, 11) is 0. The Hall–Kier alpha value is -1.69. The molecule has 1 aliphatic rings. The lowest BCUT2D eigenvalue weighted by atomic mass is 9.95. The molecule has 1 aromatic heterocycles. The number of carbonyl (C=O) groups is 1. The summed E-state index contributed by atoms with van der Waals surface area (Å²) in [6.45, 7) is 5.47. The molecule has 0 unspecified atom stereocenters. The molecule has 0 atom stereocenters. The van der Waals surface area contributed by atoms with Gasteiger partial charge in [-0.2, -0.15) is 0 Å². The predicted molar refractivity (Wildman–Crippen MR) is 87.1 cm³/mol. The van der Waals surface area contributed by atoms with Crippen LogP contribution in [0.1, 0.15) is 35.4 Å². The third-order valence-corrected chi connectivity index (χ3v) is 4.33. The van der Waals surface area contributed by atoms with E-state index < -0.39 is 6.29 Å². The van der Waals surface area contributed by atoms with E-state index in [1.807, 2.05) is 35.7 Å². The summed E-state index contributed by atoms with van der Waals surface area (Å²) in [6.07, 6.45) is -0.437. The molecule has 1 aromatic carbocycles. The van der Waals surface area contributed by atoms with Crippen LogP contribution in [-0.4, -0.2) is 19.1 Å². The molecule has 116 valence electrons. The first kappa shape index (κ1) is 15.2. The standard InChI is InChI=1S/C17H19NO3S/c1-17(2)10-20-16(21-11-17)12-6-3-4-7-13(12)18-15(19)14-8-5-9-22-14/h3-9,16H,10-11H2,1-2H3,(H,18,19). The molecule has 1 N–H and O–H groups in total. The van der Waals surface area contributed by atoms with Gasteiger partial charge in [-0.1, -0.05) is 38.1 Å². The van der Waals surface area contributed by atoms with Gasteiger partial charge < -0.3 is 14.8 Å². The van der Waals surface area contributed by atoms with E-state index in [0.717, 1.165) is 11.3 Å². The number of hydrogen-bond donors (Lipinski definition) is 1. The highest BCUT2D eigenvalue weighted by atomic mass is 32.1. The van der Waals surface area contributed by atoms with Gasteiger partial charge in [0.1, 0.15) is 0 Å². The first-order valence-corrected chi connectivity index (χ1v) is 8.10. The van der Waals surface area contributed by atoms with Gasteiger partial charge in [-0.15, -0.1) is 11.3 Å². The van der Waals surface area contributed by atoms with Crippen molar-refractivity contribution in [1.82, 2.24) is 0 Å². The molecule has 2 heterocycles. The van der Waals surface area contributed by atoms with Gasteiger partial charge in [-0.3, -0.25) is 4.79 Å². The largest absolute Gasteiger partial charge is 0.348 e. The Morgan fingerprint density at radius 2 is 1.91 bits per heavy atom. The van der Waals surface area contributed by atoms with Crippen molar-refractivity contribution < 1.29 is 14.3 Å². The summed E-state index contributed by atoms with van der Waals surface area (Å²) >= 11 is 1.42. The SMILES string of the molecule is CC1(C)COC(c2ccccc2NC(=O)c2cccs2)OC1. The van der Waals surface area contributed by atoms with Crippen molar-refractivity contribution in [1.29, 1.82) is 0 Å². The summed E-state index contributed by atoms with van der Waals surface area (Å²) in [4.78, 5) is 12.9. The van der Waals surface area contributed by atoms with Crippen molar-refractivity contribution in [2.45, 2.75) is 20.1 Å². The molecule has 0 spiro atoms. The van der Waals surface area contributed by atoms with E-state index in [-0.39, 0.29) is 11.3 Å². The van der Waals surface area contributed by atoms with E-state index in [4.69, 9.17) is 9.47 Å². The summed E-state index contributed by atoms with van der Waals surface area (Å²) in [5.41, 5.74) is 1.60. The molecule has 2 aromatic rings. The Labute approximate surface area is 134 Å². The fourth-order valence-electron chi connectivity index (χ4n) is 2.28. The molecule has 1 saturated heterocycles. The van der Waals surface area contributed by atoms with Crippen molar-refractivity contribution in [2.75, 3.05) is 18.5 Å². The van der Waals surface area contributed by atoms with Crippen LogP contribution >= 0.6 is 11.3 Å². The monoisotopic (exact) mass is 317 g/mol. The Morgan fingerprint density at radius 1 is 1.18 bits per heavy atom. The highest BCUT2D eigenvalue weighted by molar-refractivity contribution is 7.12. The maximum atomic E-state index is 12.2. The number of benzene rings is 1. The van der Waals surface area contributed by atoms with Crippen LogP contribution in [0.2, 0.25) is 0 Å². The maximum Gasteiger partial charge on any atom is 0.265 e. The van der Waals surface area contributed by atoms with Gasteiger partial charge in [-0.25, -0.2) is 0 Å². The van der Waals surface area contributed by atoms with Gasteiger partial charge in [0, 0.05) is 16.7 Å². The van der Waals surface area contributed by atoms with Crippen molar-refractivity contribution in [2.24, 2.45) is 5.41 Å². The van der Waals surface area contributed by atoms with Crippen LogP contribution in [0.3, 0.4) is 0 Å². The Morgan fingerprint density at radius 3 is 2.59 bits per heavy atom. The fraction of sp³-hybridized carbons (Fsp3) is 0.353. The number of rotatable bonds is 3. The molecule has 1 fully saturated rings. The van der Waals surface area contributed by atoms with E-state index in [1.165, 1.54) is 11.3 Å². The van der Waals surface area contributed by atoms with Gasteiger partial charge in [0.2, 0.25) is 0 Å². The van der Waals surface area contributed by atoms with E-state index in [9.17, 15) is 4.79 Å². The molecule has 0 saturated carbocycles. The Balaban J connectivity index is 1.77. The zero-order valence-corrected chi connectivity index (χ0v) is 13.5. The van der Waals surface area contributed by atoms with Crippen molar-refractivity contribution in [3.05, 3.63) is 52.2 Å². The topological polar surface area (TPSA) is 47.6 Å². The van der Waals surface area contributed by atoms with E-state index >= 15 is 0 Å². The number of nitrogens with one attached hydrogen (secondary N) is 1. The molecule has 0 aliphatic carbocycles. The smallest absolute Gasteiger partial charge is 0.265 e. The second-order valence-corrected chi connectivity index (χ2v) is 7.08. The lowest BCUT2D eigenvalue weighted by Gasteiger charge is -2.35. The maximum absolute atomic E-state index is 12.2. The van der Waals surface area contributed by atoms with Gasteiger partial charge in [0.25, 0.3) is 5.91 Å². The molecule has 3 rings (SSSR count). The first-order valence-electron chi connectivity index (χ1n) is 7.22. The van der Waals surface area contributed by atoms with Crippen LogP contribution in [0, 0.1) is 5.41 Å². The number of para-hydroxylation sites is 1. The van der Waals surface area contributed by atoms with Crippen LogP contribution in [0.4, 0.5) is 5.69 Å². The summed E-state index contributed by atoms with van der Waals surface area (Å²) in [5.74, 6) is -0.112. The van der Waals surface area contributed by atoms with Crippen LogP contribution in [-0.2, 0) is 9.47 Å². The molecule has 22 heavy (non-hydrogen) atoms. The zero-order chi connectivity index (χ0) is 15.6. The molecule has 5 heteroatoms. The third kappa shape index (κ3) is 3.38. The lowest BCUT2D eigenvalue weighted by molar-refractivity contribution is -0.225. The van der Waals surface area contributed by atoms with Gasteiger partial charge in [-0.05, 0) is 17.5 Å². The molecule has 4 nitrogen and oxygen atoms in total. The summed E-state index contributed by atoms with van der Waals surface area (Å²) < 4.78 is 11.6. The second-order valence-electron chi connectivity index (χ2n) is 6.14. The zero-order valence-electron chi connectivity index (χ0n) is 12.7. The molecule has 1 amide bonds. The van der Waals surface area contributed by atoms with Crippen molar-refractivity contribution in [3.8, 4) is 0 Å². The molecule has 1 aliphatic heterocycles. The van der Waals surface area contributed by atoms with Gasteiger partial charge in [0.05, 0.1) is 18.1 Å². The number of thiophene rings is 1. The summed E-state index contributed by atoms with van der Waals surface area (Å²) in [6, 6.07) is 11.3. The predicted octanol–water partition coefficient (Wildman–Crippen LogP) is 4.07. The average molecular weight is 317 g/mol. The number of ether oxygens (including phenoxy) is 2.